The summed E-state index contributed by atoms with van der Waals surface area (Å²) in [6, 6.07) is 4.98. The Morgan fingerprint density at radius 1 is 1.00 bits per heavy atom. The lowest BCUT2D eigenvalue weighted by atomic mass is 10.1. The molecule has 102 valence electrons. The Labute approximate surface area is 109 Å². The van der Waals surface area contributed by atoms with Crippen molar-refractivity contribution in [3.8, 4) is 15.5 Å². The van der Waals surface area contributed by atoms with Crippen LogP contribution in [0.1, 0.15) is 5.56 Å². The quantitative estimate of drug-likeness (QED) is 0.716. The van der Waals surface area contributed by atoms with Gasteiger partial charge >= 0.3 is 6.36 Å². The molecule has 0 unspecified atom stereocenters. The number of aryl methyl sites for hydroxylation is 1. The van der Waals surface area contributed by atoms with Crippen LogP contribution in [0.5, 0.6) is 5.06 Å². The van der Waals surface area contributed by atoms with Gasteiger partial charge in [-0.05, 0) is 24.6 Å². The smallest absolute Gasteiger partial charge is 0.396 e. The van der Waals surface area contributed by atoms with E-state index in [9.17, 15) is 22.0 Å². The van der Waals surface area contributed by atoms with E-state index >= 15 is 0 Å². The molecule has 0 spiro atoms. The van der Waals surface area contributed by atoms with Crippen LogP contribution in [0.15, 0.2) is 24.3 Å². The molecule has 7 heteroatoms. The minimum absolute atomic E-state index is 0.0925. The molecule has 2 rings (SSSR count). The van der Waals surface area contributed by atoms with Crippen LogP contribution in [-0.2, 0) is 0 Å². The van der Waals surface area contributed by atoms with Crippen molar-refractivity contribution in [1.82, 2.24) is 0 Å². The first-order chi connectivity index (χ1) is 8.78. The van der Waals surface area contributed by atoms with Crippen LogP contribution in [0.4, 0.5) is 22.0 Å². The van der Waals surface area contributed by atoms with Crippen molar-refractivity contribution >= 4 is 11.3 Å². The van der Waals surface area contributed by atoms with Crippen molar-refractivity contribution in [3.63, 3.8) is 0 Å². The molecule has 0 aliphatic rings. The van der Waals surface area contributed by atoms with E-state index in [1.54, 1.807) is 0 Å². The maximum absolute atomic E-state index is 13.7. The molecular formula is C12H7F5OS. The molecule has 1 aromatic carbocycles. The maximum Gasteiger partial charge on any atom is 0.573 e. The molecule has 0 radical (unpaired) electrons. The van der Waals surface area contributed by atoms with Crippen molar-refractivity contribution < 1.29 is 26.7 Å². The normalized spacial score (nSPS) is 11.7. The van der Waals surface area contributed by atoms with Crippen LogP contribution < -0.4 is 4.74 Å². The zero-order chi connectivity index (χ0) is 14.2. The third kappa shape index (κ3) is 3.04. The molecule has 0 aliphatic carbocycles. The van der Waals surface area contributed by atoms with Crippen LogP contribution in [0.3, 0.4) is 0 Å². The molecule has 1 heterocycles. The molecule has 0 saturated carbocycles. The fourth-order valence-electron chi connectivity index (χ4n) is 1.47. The van der Waals surface area contributed by atoms with Crippen LogP contribution in [0.25, 0.3) is 10.4 Å². The summed E-state index contributed by atoms with van der Waals surface area (Å²) in [6.07, 6.45) is -4.81. The highest BCUT2D eigenvalue weighted by atomic mass is 32.1. The predicted octanol–water partition coefficient (Wildman–Crippen LogP) is 4.90. The van der Waals surface area contributed by atoms with E-state index < -0.39 is 23.1 Å². The van der Waals surface area contributed by atoms with Gasteiger partial charge in [0, 0.05) is 10.4 Å². The van der Waals surface area contributed by atoms with Crippen LogP contribution in [0, 0.1) is 18.6 Å². The van der Waals surface area contributed by atoms with Crippen molar-refractivity contribution in [1.29, 1.82) is 0 Å². The monoisotopic (exact) mass is 294 g/mol. The minimum Gasteiger partial charge on any atom is -0.396 e. The van der Waals surface area contributed by atoms with E-state index in [1.807, 2.05) is 0 Å². The van der Waals surface area contributed by atoms with E-state index in [-0.39, 0.29) is 16.0 Å². The SMILES string of the molecule is Cc1ccc(-c2ccc(OC(F)(F)F)s2)c(F)c1F. The van der Waals surface area contributed by atoms with E-state index in [0.29, 0.717) is 11.3 Å². The van der Waals surface area contributed by atoms with Crippen molar-refractivity contribution in [3.05, 3.63) is 41.5 Å². The van der Waals surface area contributed by atoms with Gasteiger partial charge in [0.25, 0.3) is 0 Å². The average molecular weight is 294 g/mol. The molecular weight excluding hydrogens is 287 g/mol. The molecule has 1 nitrogen and oxygen atoms in total. The van der Waals surface area contributed by atoms with Crippen LogP contribution in [0.2, 0.25) is 0 Å². The topological polar surface area (TPSA) is 9.23 Å². The second-order valence-corrected chi connectivity index (χ2v) is 4.77. The molecule has 0 aliphatic heterocycles. The first-order valence-corrected chi connectivity index (χ1v) is 5.90. The molecule has 1 aromatic heterocycles. The average Bonchev–Trinajstić information content (AvgIpc) is 2.72. The van der Waals surface area contributed by atoms with Crippen LogP contribution >= 0.6 is 11.3 Å². The number of alkyl halides is 3. The maximum atomic E-state index is 13.7. The second-order valence-electron chi connectivity index (χ2n) is 3.72. The summed E-state index contributed by atoms with van der Waals surface area (Å²) < 4.78 is 66.7. The molecule has 0 fully saturated rings. The Balaban J connectivity index is 2.36. The number of rotatable bonds is 2. The van der Waals surface area contributed by atoms with Crippen LogP contribution in [-0.4, -0.2) is 6.36 Å². The summed E-state index contributed by atoms with van der Waals surface area (Å²) in [6.45, 7) is 1.40. The number of hydrogen-bond donors (Lipinski definition) is 0. The highest BCUT2D eigenvalue weighted by Crippen LogP contribution is 2.37. The van der Waals surface area contributed by atoms with Crippen molar-refractivity contribution in [2.45, 2.75) is 13.3 Å². The minimum atomic E-state index is -4.81. The Hall–Kier alpha value is -1.63. The standard InChI is InChI=1S/C12H7F5OS/c1-6-2-3-7(11(14)10(6)13)8-4-5-9(19-8)18-12(15,16)17/h2-5H,1H3. The highest BCUT2D eigenvalue weighted by molar-refractivity contribution is 7.17. The number of halogens is 5. The molecule has 0 bridgehead atoms. The molecule has 19 heavy (non-hydrogen) atoms. The predicted molar refractivity (Wildman–Crippen MR) is 61.1 cm³/mol. The summed E-state index contributed by atoms with van der Waals surface area (Å²) >= 11 is 0.593. The lowest BCUT2D eigenvalue weighted by Gasteiger charge is -2.05. The van der Waals surface area contributed by atoms with Crippen molar-refractivity contribution in [2.24, 2.45) is 0 Å². The molecule has 0 atom stereocenters. The molecule has 0 N–H and O–H groups in total. The third-order valence-corrected chi connectivity index (χ3v) is 3.34. The van der Waals surface area contributed by atoms with Gasteiger partial charge in [0.15, 0.2) is 16.7 Å². The lowest BCUT2D eigenvalue weighted by Crippen LogP contribution is -2.16. The van der Waals surface area contributed by atoms with Gasteiger partial charge in [0.05, 0.1) is 0 Å². The Morgan fingerprint density at radius 2 is 1.68 bits per heavy atom. The Morgan fingerprint density at radius 3 is 2.32 bits per heavy atom. The highest BCUT2D eigenvalue weighted by Gasteiger charge is 2.32. The summed E-state index contributed by atoms with van der Waals surface area (Å²) in [4.78, 5) is 0.163. The van der Waals surface area contributed by atoms with E-state index in [2.05, 4.69) is 4.74 Å². The first kappa shape index (κ1) is 13.8. The van der Waals surface area contributed by atoms with E-state index in [0.717, 1.165) is 6.07 Å². The zero-order valence-corrected chi connectivity index (χ0v) is 10.3. The third-order valence-electron chi connectivity index (χ3n) is 2.34. The Bertz CT molecular complexity index is 603. The van der Waals surface area contributed by atoms with E-state index in [1.165, 1.54) is 25.1 Å². The second kappa shape index (κ2) is 4.80. The first-order valence-electron chi connectivity index (χ1n) is 5.08. The number of hydrogen-bond acceptors (Lipinski definition) is 2. The fourth-order valence-corrected chi connectivity index (χ4v) is 2.36. The van der Waals surface area contributed by atoms with Gasteiger partial charge in [0.2, 0.25) is 0 Å². The van der Waals surface area contributed by atoms with Gasteiger partial charge < -0.3 is 4.74 Å². The molecule has 0 saturated heterocycles. The molecule has 0 amide bonds. The van der Waals surface area contributed by atoms with Crippen molar-refractivity contribution in [2.75, 3.05) is 0 Å². The summed E-state index contributed by atoms with van der Waals surface area (Å²) in [5.74, 6) is -2.09. The van der Waals surface area contributed by atoms with Gasteiger partial charge in [-0.3, -0.25) is 0 Å². The molecule has 2 aromatic rings. The van der Waals surface area contributed by atoms with Gasteiger partial charge in [-0.25, -0.2) is 8.78 Å². The number of benzene rings is 1. The van der Waals surface area contributed by atoms with Gasteiger partial charge in [-0.15, -0.1) is 13.2 Å². The van der Waals surface area contributed by atoms with Gasteiger partial charge in [-0.1, -0.05) is 23.5 Å². The lowest BCUT2D eigenvalue weighted by molar-refractivity contribution is -0.273. The number of thiophene rings is 1. The fraction of sp³-hybridized carbons (Fsp3) is 0.167. The zero-order valence-electron chi connectivity index (χ0n) is 9.52. The van der Waals surface area contributed by atoms with E-state index in [4.69, 9.17) is 0 Å². The largest absolute Gasteiger partial charge is 0.573 e. The Kier molecular flexibility index (Phi) is 3.49. The summed E-state index contributed by atoms with van der Waals surface area (Å²) in [5, 5.41) is -0.428. The van der Waals surface area contributed by atoms with Gasteiger partial charge in [-0.2, -0.15) is 0 Å². The summed E-state index contributed by atoms with van der Waals surface area (Å²) in [7, 11) is 0. The number of ether oxygens (including phenoxy) is 1. The summed E-state index contributed by atoms with van der Waals surface area (Å²) in [5.41, 5.74) is 0.0368. The van der Waals surface area contributed by atoms with Gasteiger partial charge in [0.1, 0.15) is 0 Å².